The molecular weight excluding hydrogens is 341 g/mol. The van der Waals surface area contributed by atoms with Crippen LogP contribution in [0.2, 0.25) is 0 Å². The molecule has 7 nitrogen and oxygen atoms in total. The van der Waals surface area contributed by atoms with Crippen molar-refractivity contribution in [3.8, 4) is 0 Å². The molecule has 0 aromatic heterocycles. The fraction of sp³-hybridized carbons (Fsp3) is 0.333. The lowest BCUT2D eigenvalue weighted by molar-refractivity contribution is -0.140. The van der Waals surface area contributed by atoms with E-state index in [0.717, 1.165) is 12.1 Å². The van der Waals surface area contributed by atoms with Gasteiger partial charge in [-0.05, 0) is 12.1 Å². The van der Waals surface area contributed by atoms with Crippen LogP contribution in [0, 0.1) is 5.92 Å². The highest BCUT2D eigenvalue weighted by atomic mass is 32.2. The number of halogens is 3. The Bertz CT molecular complexity index is 747. The lowest BCUT2D eigenvalue weighted by Gasteiger charge is -2.15. The Hall–Kier alpha value is -2.14. The smallest absolute Gasteiger partial charge is 0.390 e. The first-order valence-electron chi connectivity index (χ1n) is 6.22. The van der Waals surface area contributed by atoms with Gasteiger partial charge in [-0.2, -0.15) is 13.2 Å². The number of aliphatic hydroxyl groups excluding tert-OH is 1. The van der Waals surface area contributed by atoms with E-state index in [2.05, 4.69) is 5.32 Å². The zero-order valence-electron chi connectivity index (χ0n) is 11.3. The summed E-state index contributed by atoms with van der Waals surface area (Å²) in [7, 11) is -4.87. The number of hydrogen-bond acceptors (Lipinski definition) is 5. The van der Waals surface area contributed by atoms with Gasteiger partial charge in [-0.25, -0.2) is 13.1 Å². The number of nitrogens with one attached hydrogen (secondary N) is 2. The summed E-state index contributed by atoms with van der Waals surface area (Å²) in [4.78, 5) is 22.0. The first kappa shape index (κ1) is 17.2. The molecule has 2 amide bonds. The van der Waals surface area contributed by atoms with Crippen LogP contribution in [0.4, 0.5) is 13.2 Å². The monoisotopic (exact) mass is 352 g/mol. The van der Waals surface area contributed by atoms with Crippen molar-refractivity contribution in [3.63, 3.8) is 0 Å². The Morgan fingerprint density at radius 1 is 1.30 bits per heavy atom. The van der Waals surface area contributed by atoms with Gasteiger partial charge in [0.15, 0.2) is 0 Å². The van der Waals surface area contributed by atoms with E-state index in [9.17, 15) is 36.3 Å². The molecule has 126 valence electrons. The van der Waals surface area contributed by atoms with Gasteiger partial charge in [0.1, 0.15) is 5.92 Å². The summed E-state index contributed by atoms with van der Waals surface area (Å²) in [6.07, 6.45) is -6.41. The van der Waals surface area contributed by atoms with Gasteiger partial charge in [-0.1, -0.05) is 12.1 Å². The van der Waals surface area contributed by atoms with Crippen molar-refractivity contribution in [1.29, 1.82) is 0 Å². The maximum absolute atomic E-state index is 12.9. The molecular formula is C12H11F3N2O5S. The number of sulfonamides is 1. The van der Waals surface area contributed by atoms with E-state index >= 15 is 0 Å². The fourth-order valence-corrected chi connectivity index (χ4v) is 3.32. The molecule has 1 aromatic carbocycles. The molecule has 0 saturated carbocycles. The molecule has 1 saturated heterocycles. The third kappa shape index (κ3) is 3.45. The number of amides is 2. The van der Waals surface area contributed by atoms with E-state index in [1.165, 1.54) is 4.72 Å². The van der Waals surface area contributed by atoms with E-state index < -0.39 is 50.5 Å². The third-order valence-corrected chi connectivity index (χ3v) is 4.56. The van der Waals surface area contributed by atoms with Gasteiger partial charge in [0, 0.05) is 6.54 Å². The van der Waals surface area contributed by atoms with E-state index in [1.54, 1.807) is 0 Å². The Kier molecular flexibility index (Phi) is 4.35. The standard InChI is InChI=1S/C12H11F3N2O5S/c13-12(14,15)6-3-1-2-4-8(6)23(21,22)17-11(20)9-7(18)5-16-10(9)19/h1-4,7,9,18H,5H2,(H,16,19)(H,17,20). The molecule has 1 heterocycles. The van der Waals surface area contributed by atoms with E-state index in [1.807, 2.05) is 0 Å². The van der Waals surface area contributed by atoms with Crippen LogP contribution in [0.25, 0.3) is 0 Å². The van der Waals surface area contributed by atoms with Crippen LogP contribution in [-0.4, -0.2) is 38.0 Å². The highest BCUT2D eigenvalue weighted by molar-refractivity contribution is 7.90. The second-order valence-electron chi connectivity index (χ2n) is 4.75. The average molecular weight is 352 g/mol. The summed E-state index contributed by atoms with van der Waals surface area (Å²) in [5.74, 6) is -4.01. The minimum absolute atomic E-state index is 0.254. The second-order valence-corrected chi connectivity index (χ2v) is 6.40. The molecule has 0 aliphatic carbocycles. The number of carbonyl (C=O) groups excluding carboxylic acids is 2. The molecule has 0 spiro atoms. The molecule has 0 radical (unpaired) electrons. The second kappa shape index (κ2) is 5.81. The third-order valence-electron chi connectivity index (χ3n) is 3.15. The quantitative estimate of drug-likeness (QED) is 0.642. The number of hydrogen-bond donors (Lipinski definition) is 3. The SMILES string of the molecule is O=C1NCC(O)C1C(=O)NS(=O)(=O)c1ccccc1C(F)(F)F. The zero-order valence-corrected chi connectivity index (χ0v) is 12.1. The number of benzene rings is 1. The zero-order chi connectivity index (χ0) is 17.4. The number of carbonyl (C=O) groups is 2. The number of aliphatic hydroxyl groups is 1. The fourth-order valence-electron chi connectivity index (χ4n) is 2.09. The highest BCUT2D eigenvalue weighted by Crippen LogP contribution is 2.33. The van der Waals surface area contributed by atoms with Crippen LogP contribution < -0.4 is 10.0 Å². The van der Waals surface area contributed by atoms with Crippen molar-refractivity contribution in [1.82, 2.24) is 10.0 Å². The summed E-state index contributed by atoms with van der Waals surface area (Å²) in [5.41, 5.74) is -1.45. The summed E-state index contributed by atoms with van der Waals surface area (Å²) >= 11 is 0. The highest BCUT2D eigenvalue weighted by Gasteiger charge is 2.42. The lowest BCUT2D eigenvalue weighted by Crippen LogP contribution is -2.42. The van der Waals surface area contributed by atoms with Gasteiger partial charge in [0.2, 0.25) is 11.8 Å². The Morgan fingerprint density at radius 2 is 1.91 bits per heavy atom. The van der Waals surface area contributed by atoms with Gasteiger partial charge in [-0.3, -0.25) is 9.59 Å². The Balaban J connectivity index is 2.34. The van der Waals surface area contributed by atoms with Gasteiger partial charge < -0.3 is 10.4 Å². The van der Waals surface area contributed by atoms with Crippen molar-refractivity contribution >= 4 is 21.8 Å². The molecule has 2 atom stereocenters. The maximum Gasteiger partial charge on any atom is 0.417 e. The topological polar surface area (TPSA) is 113 Å². The summed E-state index contributed by atoms with van der Waals surface area (Å²) in [6.45, 7) is -0.254. The molecule has 1 fully saturated rings. The van der Waals surface area contributed by atoms with Crippen LogP contribution in [-0.2, 0) is 25.8 Å². The average Bonchev–Trinajstić information content (AvgIpc) is 2.77. The van der Waals surface area contributed by atoms with Crippen molar-refractivity contribution in [3.05, 3.63) is 29.8 Å². The molecule has 2 unspecified atom stereocenters. The molecule has 2 rings (SSSR count). The van der Waals surface area contributed by atoms with E-state index in [4.69, 9.17) is 0 Å². The predicted molar refractivity (Wildman–Crippen MR) is 69.3 cm³/mol. The van der Waals surface area contributed by atoms with E-state index in [0.29, 0.717) is 12.1 Å². The van der Waals surface area contributed by atoms with Crippen LogP contribution in [0.3, 0.4) is 0 Å². The minimum Gasteiger partial charge on any atom is -0.390 e. The largest absolute Gasteiger partial charge is 0.417 e. The first-order chi connectivity index (χ1) is 10.5. The Morgan fingerprint density at radius 3 is 2.43 bits per heavy atom. The number of rotatable bonds is 3. The van der Waals surface area contributed by atoms with Crippen LogP contribution in [0.1, 0.15) is 5.56 Å². The lowest BCUT2D eigenvalue weighted by atomic mass is 10.1. The minimum atomic E-state index is -4.95. The van der Waals surface area contributed by atoms with Crippen LogP contribution in [0.5, 0.6) is 0 Å². The van der Waals surface area contributed by atoms with E-state index in [-0.39, 0.29) is 6.54 Å². The molecule has 23 heavy (non-hydrogen) atoms. The Labute approximate surface area is 128 Å². The van der Waals surface area contributed by atoms with Gasteiger partial charge >= 0.3 is 6.18 Å². The summed E-state index contributed by atoms with van der Waals surface area (Å²) in [6, 6.07) is 3.29. The normalized spacial score (nSPS) is 21.8. The van der Waals surface area contributed by atoms with Gasteiger partial charge in [0.25, 0.3) is 10.0 Å². The molecule has 1 aromatic rings. The van der Waals surface area contributed by atoms with Crippen molar-refractivity contribution in [2.24, 2.45) is 5.92 Å². The number of alkyl halides is 3. The van der Waals surface area contributed by atoms with Crippen molar-refractivity contribution in [2.75, 3.05) is 6.54 Å². The molecule has 11 heteroatoms. The molecule has 0 bridgehead atoms. The summed E-state index contributed by atoms with van der Waals surface area (Å²) < 4.78 is 64.0. The van der Waals surface area contributed by atoms with Gasteiger partial charge in [0.05, 0.1) is 16.6 Å². The van der Waals surface area contributed by atoms with Crippen molar-refractivity contribution < 1.29 is 36.3 Å². The maximum atomic E-state index is 12.9. The van der Waals surface area contributed by atoms with Crippen molar-refractivity contribution in [2.45, 2.75) is 17.2 Å². The van der Waals surface area contributed by atoms with Gasteiger partial charge in [-0.15, -0.1) is 0 Å². The van der Waals surface area contributed by atoms with Crippen LogP contribution >= 0.6 is 0 Å². The molecule has 1 aliphatic heterocycles. The number of β-amino-alcohol motifs (C(OH)–C–C–N with tert-alkyl or cyclic N) is 1. The molecule has 1 aliphatic rings. The first-order valence-corrected chi connectivity index (χ1v) is 7.71. The molecule has 3 N–H and O–H groups in total. The predicted octanol–water partition coefficient (Wildman–Crippen LogP) is -0.383. The van der Waals surface area contributed by atoms with Crippen LogP contribution in [0.15, 0.2) is 29.2 Å². The summed E-state index contributed by atoms with van der Waals surface area (Å²) in [5, 5.41) is 11.6.